The maximum absolute atomic E-state index is 12.5. The molecule has 0 fully saturated rings. The summed E-state index contributed by atoms with van der Waals surface area (Å²) in [6.45, 7) is 0.222. The summed E-state index contributed by atoms with van der Waals surface area (Å²) in [7, 11) is 3.12. The van der Waals surface area contributed by atoms with Crippen molar-refractivity contribution in [2.24, 2.45) is 0 Å². The van der Waals surface area contributed by atoms with Crippen molar-refractivity contribution in [3.05, 3.63) is 82.1 Å². The molecule has 4 aromatic rings. The van der Waals surface area contributed by atoms with Gasteiger partial charge in [-0.3, -0.25) is 9.59 Å². The summed E-state index contributed by atoms with van der Waals surface area (Å²) in [6, 6.07) is 18.3. The fraction of sp³-hybridized carbons (Fsp3) is 0.200. The van der Waals surface area contributed by atoms with Gasteiger partial charge >= 0.3 is 0 Å². The van der Waals surface area contributed by atoms with Gasteiger partial charge in [-0.25, -0.2) is 9.67 Å². The predicted molar refractivity (Wildman–Crippen MR) is 131 cm³/mol. The molecule has 2 aromatic carbocycles. The molecule has 174 valence electrons. The van der Waals surface area contributed by atoms with Crippen LogP contribution in [0.3, 0.4) is 0 Å². The number of aromatic nitrogens is 3. The number of carbonyl (C=O) groups is 1. The van der Waals surface area contributed by atoms with Crippen LogP contribution in [0.2, 0.25) is 0 Å². The lowest BCUT2D eigenvalue weighted by molar-refractivity contribution is -0.121. The molecule has 2 aromatic heterocycles. The molecule has 0 saturated carbocycles. The van der Waals surface area contributed by atoms with Gasteiger partial charge in [0.15, 0.2) is 0 Å². The number of rotatable bonds is 9. The summed E-state index contributed by atoms with van der Waals surface area (Å²) < 4.78 is 11.8. The molecule has 2 heterocycles. The predicted octanol–water partition coefficient (Wildman–Crippen LogP) is 3.41. The molecule has 0 atom stereocenters. The lowest BCUT2D eigenvalue weighted by atomic mass is 10.1. The summed E-state index contributed by atoms with van der Waals surface area (Å²) in [5.41, 5.74) is 2.77. The fourth-order valence-electron chi connectivity index (χ4n) is 3.38. The normalized spacial score (nSPS) is 10.6. The van der Waals surface area contributed by atoms with Crippen molar-refractivity contribution in [1.82, 2.24) is 20.1 Å². The molecular formula is C25H24N4O4S. The van der Waals surface area contributed by atoms with Crippen LogP contribution in [0.15, 0.2) is 70.8 Å². The van der Waals surface area contributed by atoms with Gasteiger partial charge < -0.3 is 14.8 Å². The molecule has 4 rings (SSSR count). The van der Waals surface area contributed by atoms with Crippen LogP contribution in [0.4, 0.5) is 0 Å². The second kappa shape index (κ2) is 10.8. The maximum Gasteiger partial charge on any atom is 0.267 e. The minimum Gasteiger partial charge on any atom is -0.497 e. The summed E-state index contributed by atoms with van der Waals surface area (Å²) >= 11 is 1.57. The summed E-state index contributed by atoms with van der Waals surface area (Å²) in [4.78, 5) is 29.4. The number of hydrogen-bond donors (Lipinski definition) is 1. The van der Waals surface area contributed by atoms with Crippen molar-refractivity contribution in [2.45, 2.75) is 13.0 Å². The molecule has 9 heteroatoms. The van der Waals surface area contributed by atoms with Crippen molar-refractivity contribution >= 4 is 17.2 Å². The number of nitrogens with zero attached hydrogens (tertiary/aromatic N) is 3. The van der Waals surface area contributed by atoms with E-state index in [2.05, 4.69) is 15.4 Å². The number of benzene rings is 2. The van der Waals surface area contributed by atoms with Gasteiger partial charge in [0.2, 0.25) is 5.91 Å². The average Bonchev–Trinajstić information content (AvgIpc) is 3.34. The molecule has 0 aliphatic heterocycles. The highest BCUT2D eigenvalue weighted by Crippen LogP contribution is 2.31. The van der Waals surface area contributed by atoms with Gasteiger partial charge in [0, 0.05) is 35.5 Å². The summed E-state index contributed by atoms with van der Waals surface area (Å²) in [5, 5.41) is 10.1. The zero-order valence-corrected chi connectivity index (χ0v) is 19.7. The quantitative estimate of drug-likeness (QED) is 0.398. The minimum atomic E-state index is -0.368. The molecule has 1 N–H and O–H groups in total. The van der Waals surface area contributed by atoms with Gasteiger partial charge in [0.05, 0.1) is 25.6 Å². The Hall–Kier alpha value is -3.98. The largest absolute Gasteiger partial charge is 0.497 e. The van der Waals surface area contributed by atoms with Gasteiger partial charge in [-0.15, -0.1) is 11.3 Å². The van der Waals surface area contributed by atoms with E-state index in [-0.39, 0.29) is 18.0 Å². The smallest absolute Gasteiger partial charge is 0.267 e. The van der Waals surface area contributed by atoms with Crippen molar-refractivity contribution in [3.8, 4) is 33.3 Å². The van der Waals surface area contributed by atoms with Gasteiger partial charge in [-0.1, -0.05) is 30.3 Å². The second-order valence-corrected chi connectivity index (χ2v) is 8.25. The molecule has 0 aliphatic rings. The summed E-state index contributed by atoms with van der Waals surface area (Å²) in [5.74, 6) is 0.912. The van der Waals surface area contributed by atoms with Gasteiger partial charge in [-0.05, 0) is 24.3 Å². The monoisotopic (exact) mass is 476 g/mol. The number of ether oxygens (including phenoxy) is 2. The lowest BCUT2D eigenvalue weighted by Crippen LogP contribution is -2.34. The standard InChI is InChI=1S/C25H24N4O4S/c1-32-19-8-10-22(33-2)20(14-19)21-9-11-24(31)29(28-21)15-23(30)26-13-12-18-16-34-25(27-18)17-6-4-3-5-7-17/h3-11,14,16H,12-13,15H2,1-2H3,(H,26,30). The maximum atomic E-state index is 12.5. The third-order valence-electron chi connectivity index (χ3n) is 5.12. The number of nitrogens with one attached hydrogen (secondary N) is 1. The molecular weight excluding hydrogens is 452 g/mol. The Morgan fingerprint density at radius 3 is 2.65 bits per heavy atom. The topological polar surface area (TPSA) is 95.3 Å². The Balaban J connectivity index is 1.39. The van der Waals surface area contributed by atoms with E-state index in [0.717, 1.165) is 20.9 Å². The van der Waals surface area contributed by atoms with Crippen LogP contribution in [0.1, 0.15) is 5.69 Å². The molecule has 8 nitrogen and oxygen atoms in total. The van der Waals surface area contributed by atoms with Gasteiger partial charge in [0.25, 0.3) is 5.56 Å². The third-order valence-corrected chi connectivity index (χ3v) is 6.06. The van der Waals surface area contributed by atoms with E-state index < -0.39 is 0 Å². The van der Waals surface area contributed by atoms with Crippen molar-refractivity contribution in [2.75, 3.05) is 20.8 Å². The molecule has 0 unspecified atom stereocenters. The van der Waals surface area contributed by atoms with Crippen LogP contribution in [0, 0.1) is 0 Å². The van der Waals surface area contributed by atoms with Gasteiger partial charge in [0.1, 0.15) is 23.1 Å². The van der Waals surface area contributed by atoms with Crippen molar-refractivity contribution in [3.63, 3.8) is 0 Å². The number of hydrogen-bond acceptors (Lipinski definition) is 7. The highest BCUT2D eigenvalue weighted by Gasteiger charge is 2.13. The van der Waals surface area contributed by atoms with E-state index >= 15 is 0 Å². The molecule has 0 radical (unpaired) electrons. The van der Waals surface area contributed by atoms with E-state index in [0.29, 0.717) is 35.7 Å². The Bertz CT molecular complexity index is 1330. The SMILES string of the molecule is COc1ccc(OC)c(-c2ccc(=O)n(CC(=O)NCCc3csc(-c4ccccc4)n3)n2)c1. The Labute approximate surface area is 200 Å². The Morgan fingerprint density at radius 1 is 1.06 bits per heavy atom. The van der Waals surface area contributed by atoms with E-state index in [4.69, 9.17) is 9.47 Å². The first-order valence-electron chi connectivity index (χ1n) is 10.6. The average molecular weight is 477 g/mol. The van der Waals surface area contributed by atoms with E-state index in [1.165, 1.54) is 6.07 Å². The first-order valence-corrected chi connectivity index (χ1v) is 11.5. The highest BCUT2D eigenvalue weighted by atomic mass is 32.1. The molecule has 34 heavy (non-hydrogen) atoms. The molecule has 0 aliphatic carbocycles. The van der Waals surface area contributed by atoms with Crippen LogP contribution in [0.25, 0.3) is 21.8 Å². The molecule has 1 amide bonds. The lowest BCUT2D eigenvalue weighted by Gasteiger charge is -2.12. The van der Waals surface area contributed by atoms with E-state index in [9.17, 15) is 9.59 Å². The number of carbonyl (C=O) groups excluding carboxylic acids is 1. The Kier molecular flexibility index (Phi) is 7.34. The fourth-order valence-corrected chi connectivity index (χ4v) is 4.24. The van der Waals surface area contributed by atoms with E-state index in [1.807, 2.05) is 35.7 Å². The number of amides is 1. The molecule has 0 bridgehead atoms. The number of methoxy groups -OCH3 is 2. The highest BCUT2D eigenvalue weighted by molar-refractivity contribution is 7.13. The van der Waals surface area contributed by atoms with Crippen LogP contribution < -0.4 is 20.3 Å². The molecule has 0 spiro atoms. The third kappa shape index (κ3) is 5.49. The first kappa shape index (κ1) is 23.2. The zero-order chi connectivity index (χ0) is 23.9. The van der Waals surface area contributed by atoms with Crippen LogP contribution in [-0.4, -0.2) is 41.4 Å². The zero-order valence-electron chi connectivity index (χ0n) is 18.9. The molecule has 0 saturated heterocycles. The van der Waals surface area contributed by atoms with Crippen molar-refractivity contribution in [1.29, 1.82) is 0 Å². The van der Waals surface area contributed by atoms with E-state index in [1.54, 1.807) is 49.8 Å². The van der Waals surface area contributed by atoms with Gasteiger partial charge in [-0.2, -0.15) is 5.10 Å². The van der Waals surface area contributed by atoms with Crippen molar-refractivity contribution < 1.29 is 14.3 Å². The number of thiazole rings is 1. The first-order chi connectivity index (χ1) is 16.6. The van der Waals surface area contributed by atoms with Crippen LogP contribution >= 0.6 is 11.3 Å². The minimum absolute atomic E-state index is 0.189. The van der Waals surface area contributed by atoms with Crippen LogP contribution in [0.5, 0.6) is 11.5 Å². The Morgan fingerprint density at radius 2 is 1.88 bits per heavy atom. The summed E-state index contributed by atoms with van der Waals surface area (Å²) in [6.07, 6.45) is 0.596. The van der Waals surface area contributed by atoms with Crippen LogP contribution in [-0.2, 0) is 17.8 Å². The second-order valence-electron chi connectivity index (χ2n) is 7.39.